The summed E-state index contributed by atoms with van der Waals surface area (Å²) in [7, 11) is 0. The summed E-state index contributed by atoms with van der Waals surface area (Å²) in [6, 6.07) is 0. The minimum atomic E-state index is 0. The molecular weight excluding hydrogens is 152 g/mol. The fourth-order valence-electron chi connectivity index (χ4n) is 0. The molecule has 0 saturated carbocycles. The Hall–Kier alpha value is 1.16. The SMILES string of the molecule is Cl.Cl.[O-2].[Zn+2]. The molecule has 0 spiro atoms. The van der Waals surface area contributed by atoms with Gasteiger partial charge in [-0.05, 0) is 0 Å². The fraction of sp³-hybridized carbons (Fsp3) is 0. The first-order chi connectivity index (χ1) is 0. The Labute approximate surface area is 50.0 Å². The van der Waals surface area contributed by atoms with Gasteiger partial charge in [-0.1, -0.05) is 0 Å². The van der Waals surface area contributed by atoms with Crippen LogP contribution >= 0.6 is 24.8 Å². The minimum Gasteiger partial charge on any atom is -2.00 e. The number of hydrogen-bond donors (Lipinski definition) is 0. The summed E-state index contributed by atoms with van der Waals surface area (Å²) in [5, 5.41) is 0. The van der Waals surface area contributed by atoms with Crippen molar-refractivity contribution in [3.8, 4) is 0 Å². The van der Waals surface area contributed by atoms with E-state index in [0.29, 0.717) is 0 Å². The van der Waals surface area contributed by atoms with Gasteiger partial charge in [0.1, 0.15) is 0 Å². The van der Waals surface area contributed by atoms with E-state index in [2.05, 4.69) is 0 Å². The van der Waals surface area contributed by atoms with Crippen molar-refractivity contribution in [2.24, 2.45) is 0 Å². The summed E-state index contributed by atoms with van der Waals surface area (Å²) in [5.41, 5.74) is 0. The van der Waals surface area contributed by atoms with E-state index in [9.17, 15) is 0 Å². The molecule has 0 radical (unpaired) electrons. The molecule has 0 aliphatic heterocycles. The average Bonchev–Trinajstić information content (AvgIpc) is 0. The molecule has 0 aromatic heterocycles. The first-order valence-corrected chi connectivity index (χ1v) is 0. The molecule has 0 bridgehead atoms. The van der Waals surface area contributed by atoms with Gasteiger partial charge < -0.3 is 5.48 Å². The number of hydrogen-bond acceptors (Lipinski definition) is 0. The maximum absolute atomic E-state index is 0. The van der Waals surface area contributed by atoms with Crippen LogP contribution in [0.25, 0.3) is 0 Å². The van der Waals surface area contributed by atoms with Crippen molar-refractivity contribution in [2.75, 3.05) is 0 Å². The molecule has 0 fully saturated rings. The first-order valence-electron chi connectivity index (χ1n) is 0. The quantitative estimate of drug-likeness (QED) is 0.460. The van der Waals surface area contributed by atoms with Crippen molar-refractivity contribution < 1.29 is 25.0 Å². The van der Waals surface area contributed by atoms with Crippen molar-refractivity contribution in [1.29, 1.82) is 0 Å². The third-order valence-corrected chi connectivity index (χ3v) is 0. The molecule has 0 N–H and O–H groups in total. The molecule has 0 amide bonds. The van der Waals surface area contributed by atoms with E-state index in [4.69, 9.17) is 0 Å². The maximum atomic E-state index is 0. The summed E-state index contributed by atoms with van der Waals surface area (Å²) in [5.74, 6) is 0. The molecule has 0 aliphatic carbocycles. The molecule has 0 heterocycles. The van der Waals surface area contributed by atoms with Crippen LogP contribution in [0.15, 0.2) is 0 Å². The number of halogens is 2. The van der Waals surface area contributed by atoms with Crippen LogP contribution in [-0.2, 0) is 25.0 Å². The van der Waals surface area contributed by atoms with E-state index in [-0.39, 0.29) is 49.8 Å². The molecule has 0 aliphatic rings. The molecule has 0 unspecified atom stereocenters. The summed E-state index contributed by atoms with van der Waals surface area (Å²) < 4.78 is 0. The van der Waals surface area contributed by atoms with Crippen molar-refractivity contribution in [1.82, 2.24) is 0 Å². The molecule has 0 rings (SSSR count). The zero-order chi connectivity index (χ0) is 0. The third-order valence-electron chi connectivity index (χ3n) is 0. The van der Waals surface area contributed by atoms with E-state index >= 15 is 0 Å². The van der Waals surface area contributed by atoms with Gasteiger partial charge in [0.2, 0.25) is 0 Å². The van der Waals surface area contributed by atoms with E-state index in [1.54, 1.807) is 0 Å². The summed E-state index contributed by atoms with van der Waals surface area (Å²) in [4.78, 5) is 0. The van der Waals surface area contributed by atoms with Crippen LogP contribution in [0, 0.1) is 0 Å². The minimum absolute atomic E-state index is 0. The van der Waals surface area contributed by atoms with E-state index in [1.165, 1.54) is 0 Å². The van der Waals surface area contributed by atoms with Gasteiger partial charge >= 0.3 is 19.5 Å². The van der Waals surface area contributed by atoms with E-state index in [0.717, 1.165) is 0 Å². The molecule has 4 heteroatoms. The standard InChI is InChI=1S/2ClH.O.Zn/h2*1H;;/q;;-2;+2. The van der Waals surface area contributed by atoms with Crippen molar-refractivity contribution >= 4 is 24.8 Å². The number of rotatable bonds is 0. The van der Waals surface area contributed by atoms with Crippen LogP contribution < -0.4 is 0 Å². The first kappa shape index (κ1) is 66.1. The van der Waals surface area contributed by atoms with Crippen LogP contribution in [0.2, 0.25) is 0 Å². The molecule has 0 saturated heterocycles. The Morgan fingerprint density at radius 3 is 0.750 bits per heavy atom. The smallest absolute Gasteiger partial charge is 2.00 e. The van der Waals surface area contributed by atoms with Crippen LogP contribution in [0.4, 0.5) is 0 Å². The van der Waals surface area contributed by atoms with Gasteiger partial charge in [-0.25, -0.2) is 0 Å². The normalized spacial score (nSPS) is 0. The van der Waals surface area contributed by atoms with Crippen LogP contribution in [0.3, 0.4) is 0 Å². The molecule has 1 nitrogen and oxygen atoms in total. The molecule has 0 atom stereocenters. The Balaban J connectivity index is 0. The molecule has 24 valence electrons. The molecule has 0 aromatic rings. The van der Waals surface area contributed by atoms with Crippen molar-refractivity contribution in [2.45, 2.75) is 0 Å². The largest absolute Gasteiger partial charge is 2.00 e. The topological polar surface area (TPSA) is 28.5 Å². The van der Waals surface area contributed by atoms with Gasteiger partial charge in [-0.3, -0.25) is 0 Å². The fourth-order valence-corrected chi connectivity index (χ4v) is 0. The monoisotopic (exact) mass is 152 g/mol. The maximum Gasteiger partial charge on any atom is 2.00 e. The predicted octanol–water partition coefficient (Wildman–Crippen LogP) is 0.722. The van der Waals surface area contributed by atoms with Crippen LogP contribution in [0.1, 0.15) is 0 Å². The van der Waals surface area contributed by atoms with E-state index in [1.807, 2.05) is 0 Å². The summed E-state index contributed by atoms with van der Waals surface area (Å²) in [6.07, 6.45) is 0. The Kier molecular flexibility index (Phi) is 509. The second-order valence-corrected chi connectivity index (χ2v) is 0. The summed E-state index contributed by atoms with van der Waals surface area (Å²) in [6.45, 7) is 0. The third kappa shape index (κ3) is 10.9. The molecule has 4 heavy (non-hydrogen) atoms. The Morgan fingerprint density at radius 1 is 0.750 bits per heavy atom. The predicted molar refractivity (Wildman–Crippen MR) is 15.2 cm³/mol. The van der Waals surface area contributed by atoms with Gasteiger partial charge in [-0.15, -0.1) is 24.8 Å². The van der Waals surface area contributed by atoms with Crippen LogP contribution in [0.5, 0.6) is 0 Å². The van der Waals surface area contributed by atoms with Crippen molar-refractivity contribution in [3.05, 3.63) is 0 Å². The second kappa shape index (κ2) is 30.8. The van der Waals surface area contributed by atoms with Gasteiger partial charge in [0, 0.05) is 0 Å². The average molecular weight is 154 g/mol. The Bertz CT molecular complexity index is 6.00. The second-order valence-electron chi connectivity index (χ2n) is 0. The van der Waals surface area contributed by atoms with Gasteiger partial charge in [0.25, 0.3) is 0 Å². The zero-order valence-electron chi connectivity index (χ0n) is 1.93. The van der Waals surface area contributed by atoms with Gasteiger partial charge in [0.15, 0.2) is 0 Å². The van der Waals surface area contributed by atoms with Gasteiger partial charge in [-0.2, -0.15) is 0 Å². The van der Waals surface area contributed by atoms with Crippen molar-refractivity contribution in [3.63, 3.8) is 0 Å². The summed E-state index contributed by atoms with van der Waals surface area (Å²) >= 11 is 0. The van der Waals surface area contributed by atoms with Gasteiger partial charge in [0.05, 0.1) is 0 Å². The van der Waals surface area contributed by atoms with E-state index < -0.39 is 0 Å². The Morgan fingerprint density at radius 2 is 0.750 bits per heavy atom. The van der Waals surface area contributed by atoms with Crippen LogP contribution in [-0.4, -0.2) is 0 Å². The zero-order valence-corrected chi connectivity index (χ0v) is 6.53. The molecule has 0 aromatic carbocycles. The molecular formula is H2Cl2OZn.